The van der Waals surface area contributed by atoms with Crippen LogP contribution in [0.2, 0.25) is 5.02 Å². The lowest BCUT2D eigenvalue weighted by Gasteiger charge is -2.37. The number of imide groups is 1. The van der Waals surface area contributed by atoms with Gasteiger partial charge in [-0.25, -0.2) is 4.79 Å². The molecule has 3 fully saturated rings. The van der Waals surface area contributed by atoms with Crippen molar-refractivity contribution in [2.45, 2.75) is 13.3 Å². The zero-order valence-corrected chi connectivity index (χ0v) is 18.6. The number of hydrazone groups is 1. The van der Waals surface area contributed by atoms with Crippen LogP contribution in [0.15, 0.2) is 52.0 Å². The van der Waals surface area contributed by atoms with Crippen LogP contribution < -0.4 is 0 Å². The molecule has 5 aliphatic rings. The smallest absolute Gasteiger partial charge is 0.339 e. The molecule has 4 aliphatic carbocycles. The fraction of sp³-hybridized carbons (Fsp3) is 0.360. The van der Waals surface area contributed by atoms with Crippen molar-refractivity contribution >= 4 is 35.6 Å². The minimum atomic E-state index is -0.508. The van der Waals surface area contributed by atoms with E-state index in [0.717, 1.165) is 11.4 Å². The van der Waals surface area contributed by atoms with Gasteiger partial charge in [-0.05, 0) is 67.3 Å². The largest absolute Gasteiger partial charge is 0.462 e. The average molecular weight is 465 g/mol. The van der Waals surface area contributed by atoms with E-state index in [9.17, 15) is 14.4 Å². The maximum atomic E-state index is 13.0. The van der Waals surface area contributed by atoms with Crippen molar-refractivity contribution < 1.29 is 23.5 Å². The van der Waals surface area contributed by atoms with Crippen LogP contribution in [-0.4, -0.2) is 35.6 Å². The zero-order valence-electron chi connectivity index (χ0n) is 17.8. The lowest BCUT2D eigenvalue weighted by molar-refractivity contribution is -0.140. The van der Waals surface area contributed by atoms with Crippen LogP contribution in [0.5, 0.6) is 0 Å². The molecule has 1 aromatic heterocycles. The number of benzene rings is 1. The number of allylic oxidation sites excluding steroid dienone is 2. The first-order chi connectivity index (χ1) is 16.0. The molecule has 0 N–H and O–H groups in total. The quantitative estimate of drug-likeness (QED) is 0.287. The molecule has 0 unspecified atom stereocenters. The predicted octanol–water partition coefficient (Wildman–Crippen LogP) is 4.16. The Morgan fingerprint density at radius 2 is 1.85 bits per heavy atom. The molecule has 2 aromatic rings. The molecular weight excluding hydrogens is 444 g/mol. The number of rotatable bonds is 5. The van der Waals surface area contributed by atoms with E-state index in [0.29, 0.717) is 33.9 Å². The topological polar surface area (TPSA) is 89.2 Å². The van der Waals surface area contributed by atoms with Crippen LogP contribution in [0.3, 0.4) is 0 Å². The van der Waals surface area contributed by atoms with E-state index < -0.39 is 5.97 Å². The highest BCUT2D eigenvalue weighted by Gasteiger charge is 2.67. The average Bonchev–Trinajstić information content (AvgIpc) is 3.45. The number of hydrogen-bond donors (Lipinski definition) is 0. The third-order valence-corrected chi connectivity index (χ3v) is 7.64. The second-order valence-electron chi connectivity index (χ2n) is 9.00. The maximum absolute atomic E-state index is 13.0. The molecule has 1 aliphatic heterocycles. The van der Waals surface area contributed by atoms with Crippen LogP contribution in [0.25, 0.3) is 11.3 Å². The molecule has 6 atom stereocenters. The van der Waals surface area contributed by atoms with E-state index in [2.05, 4.69) is 17.3 Å². The summed E-state index contributed by atoms with van der Waals surface area (Å²) in [5.74, 6) is 0.806. The van der Waals surface area contributed by atoms with Gasteiger partial charge in [0.05, 0.1) is 35.2 Å². The third-order valence-electron chi connectivity index (χ3n) is 7.31. The van der Waals surface area contributed by atoms with Crippen LogP contribution in [0, 0.1) is 35.5 Å². The Morgan fingerprint density at radius 3 is 2.52 bits per heavy atom. The Balaban J connectivity index is 1.22. The Morgan fingerprint density at radius 1 is 1.15 bits per heavy atom. The number of halogens is 1. The van der Waals surface area contributed by atoms with Gasteiger partial charge in [0, 0.05) is 5.56 Å². The number of carbonyl (C=O) groups is 3. The van der Waals surface area contributed by atoms with E-state index in [-0.39, 0.29) is 47.7 Å². The normalized spacial score (nSPS) is 31.3. The van der Waals surface area contributed by atoms with Gasteiger partial charge in [-0.1, -0.05) is 23.8 Å². The molecular formula is C25H21ClN2O5. The van der Waals surface area contributed by atoms with Gasteiger partial charge in [0.25, 0.3) is 11.8 Å². The summed E-state index contributed by atoms with van der Waals surface area (Å²) >= 11 is 6.13. The molecule has 1 saturated heterocycles. The predicted molar refractivity (Wildman–Crippen MR) is 119 cm³/mol. The van der Waals surface area contributed by atoms with Crippen molar-refractivity contribution in [3.8, 4) is 11.3 Å². The van der Waals surface area contributed by atoms with Crippen molar-refractivity contribution in [1.82, 2.24) is 5.01 Å². The van der Waals surface area contributed by atoms with Crippen molar-refractivity contribution in [3.63, 3.8) is 0 Å². The number of amides is 2. The zero-order chi connectivity index (χ0) is 22.9. The fourth-order valence-corrected chi connectivity index (χ4v) is 5.99. The molecule has 0 radical (unpaired) electrons. The van der Waals surface area contributed by atoms with Gasteiger partial charge in [0.15, 0.2) is 0 Å². The van der Waals surface area contributed by atoms with E-state index >= 15 is 0 Å². The summed E-state index contributed by atoms with van der Waals surface area (Å²) in [5, 5.41) is 5.52. The molecule has 2 saturated carbocycles. The standard InChI is InChI=1S/C25H21ClN2O5/c1-2-32-25(31)18-9-12(3-7-19(18)26)20-8-4-13(33-20)11-27-28-23(29)21-14-5-6-15(17-10-16(14)17)22(21)24(28)30/h3-9,11,14-17,21-22H,2,10H2,1H3/b27-11-/t14-,15+,16-,17+,21-,22+. The summed E-state index contributed by atoms with van der Waals surface area (Å²) in [6.45, 7) is 1.97. The Hall–Kier alpha value is -3.19. The number of carbonyl (C=O) groups excluding carboxylic acids is 3. The molecule has 1 aromatic carbocycles. The van der Waals surface area contributed by atoms with Gasteiger partial charge >= 0.3 is 5.97 Å². The van der Waals surface area contributed by atoms with E-state index in [4.69, 9.17) is 20.8 Å². The van der Waals surface area contributed by atoms with Gasteiger partial charge in [-0.15, -0.1) is 0 Å². The van der Waals surface area contributed by atoms with Gasteiger partial charge in [0.1, 0.15) is 11.5 Å². The third kappa shape index (κ3) is 3.09. The molecule has 168 valence electrons. The van der Waals surface area contributed by atoms with Crippen molar-refractivity contribution in [3.05, 3.63) is 58.8 Å². The lowest BCUT2D eigenvalue weighted by Crippen LogP contribution is -2.40. The van der Waals surface area contributed by atoms with Crippen molar-refractivity contribution in [2.75, 3.05) is 6.61 Å². The van der Waals surface area contributed by atoms with Gasteiger partial charge in [-0.2, -0.15) is 10.1 Å². The highest BCUT2D eigenvalue weighted by atomic mass is 35.5. The monoisotopic (exact) mass is 464 g/mol. The van der Waals surface area contributed by atoms with Crippen LogP contribution in [-0.2, 0) is 14.3 Å². The van der Waals surface area contributed by atoms with Crippen LogP contribution in [0.1, 0.15) is 29.5 Å². The van der Waals surface area contributed by atoms with Gasteiger partial charge in [-0.3, -0.25) is 9.59 Å². The Kier molecular flexibility index (Phi) is 4.59. The van der Waals surface area contributed by atoms with Crippen molar-refractivity contribution in [1.29, 1.82) is 0 Å². The van der Waals surface area contributed by atoms with Gasteiger partial charge < -0.3 is 9.15 Å². The summed E-state index contributed by atoms with van der Waals surface area (Å²) in [5.41, 5.74) is 0.892. The van der Waals surface area contributed by atoms with E-state index in [1.54, 1.807) is 37.3 Å². The summed E-state index contributed by atoms with van der Waals surface area (Å²) in [6.07, 6.45) is 6.77. The Bertz CT molecular complexity index is 1210. The second kappa shape index (κ2) is 7.42. The molecule has 2 bridgehead atoms. The van der Waals surface area contributed by atoms with E-state index in [1.165, 1.54) is 6.21 Å². The number of ether oxygens (including phenoxy) is 1. The Labute approximate surface area is 195 Å². The molecule has 0 spiro atoms. The molecule has 7 rings (SSSR count). The number of nitrogens with zero attached hydrogens (tertiary/aromatic N) is 2. The van der Waals surface area contributed by atoms with Crippen LogP contribution >= 0.6 is 11.6 Å². The van der Waals surface area contributed by atoms with Gasteiger partial charge in [0.2, 0.25) is 0 Å². The van der Waals surface area contributed by atoms with Crippen molar-refractivity contribution in [2.24, 2.45) is 40.6 Å². The summed E-state index contributed by atoms with van der Waals surface area (Å²) in [4.78, 5) is 38.1. The molecule has 2 amide bonds. The molecule has 8 heteroatoms. The molecule has 2 heterocycles. The van der Waals surface area contributed by atoms with E-state index in [1.807, 2.05) is 0 Å². The second-order valence-corrected chi connectivity index (χ2v) is 9.41. The van der Waals surface area contributed by atoms with Crippen LogP contribution in [0.4, 0.5) is 0 Å². The number of hydrogen-bond acceptors (Lipinski definition) is 6. The fourth-order valence-electron chi connectivity index (χ4n) is 5.79. The highest BCUT2D eigenvalue weighted by molar-refractivity contribution is 6.33. The first-order valence-electron chi connectivity index (χ1n) is 11.1. The summed E-state index contributed by atoms with van der Waals surface area (Å²) in [6, 6.07) is 8.36. The minimum absolute atomic E-state index is 0.162. The number of esters is 1. The molecule has 33 heavy (non-hydrogen) atoms. The lowest BCUT2D eigenvalue weighted by atomic mass is 9.63. The molecule has 7 nitrogen and oxygen atoms in total. The summed E-state index contributed by atoms with van der Waals surface area (Å²) in [7, 11) is 0. The maximum Gasteiger partial charge on any atom is 0.339 e. The first kappa shape index (κ1) is 20.4. The SMILES string of the molecule is CCOC(=O)c1cc(-c2ccc(/C=N\N3C(=O)[C@@H]4[C@@H]5C=C[C@@H]([C@@H]6C[C@H]56)[C@@H]4C3=O)o2)ccc1Cl. The summed E-state index contributed by atoms with van der Waals surface area (Å²) < 4.78 is 10.9. The number of furan rings is 1. The first-order valence-corrected chi connectivity index (χ1v) is 11.5. The highest BCUT2D eigenvalue weighted by Crippen LogP contribution is 2.65. The minimum Gasteiger partial charge on any atom is -0.462 e.